The van der Waals surface area contributed by atoms with Gasteiger partial charge in [-0.15, -0.1) is 0 Å². The molecule has 0 unspecified atom stereocenters. The molecule has 0 saturated heterocycles. The quantitative estimate of drug-likeness (QED) is 0.847. The molecule has 0 radical (unpaired) electrons. The number of carbonyl (C=O) groups excluding carboxylic acids is 1. The fraction of sp³-hybridized carbons (Fsp3) is 0.286. The van der Waals surface area contributed by atoms with Crippen LogP contribution in [0.2, 0.25) is 0 Å². The first kappa shape index (κ1) is 11.8. The molecule has 2 aromatic rings. The molecule has 1 aromatic carbocycles. The van der Waals surface area contributed by atoms with Crippen LogP contribution >= 0.6 is 0 Å². The van der Waals surface area contributed by atoms with E-state index in [9.17, 15) is 4.79 Å². The summed E-state index contributed by atoms with van der Waals surface area (Å²) in [5, 5.41) is 3.35. The maximum absolute atomic E-state index is 12.6. The van der Waals surface area contributed by atoms with Crippen LogP contribution in [0.25, 0.3) is 0 Å². The second-order valence-electron chi connectivity index (χ2n) is 4.62. The van der Waals surface area contributed by atoms with Crippen LogP contribution < -0.4 is 10.2 Å². The lowest BCUT2D eigenvalue weighted by Crippen LogP contribution is -2.33. The van der Waals surface area contributed by atoms with E-state index in [0.717, 1.165) is 24.3 Å². The summed E-state index contributed by atoms with van der Waals surface area (Å²) in [6, 6.07) is 7.89. The summed E-state index contributed by atoms with van der Waals surface area (Å²) in [6.45, 7) is 1.58. The van der Waals surface area contributed by atoms with Crippen molar-refractivity contribution < 1.29 is 4.79 Å². The number of rotatable bonds is 1. The van der Waals surface area contributed by atoms with E-state index in [4.69, 9.17) is 0 Å². The maximum Gasteiger partial charge on any atom is 0.294 e. The molecule has 1 aromatic heterocycles. The van der Waals surface area contributed by atoms with Gasteiger partial charge in [-0.1, -0.05) is 12.1 Å². The molecule has 0 saturated carbocycles. The Bertz CT molecular complexity index is 605. The van der Waals surface area contributed by atoms with Crippen LogP contribution in [-0.2, 0) is 7.05 Å². The second-order valence-corrected chi connectivity index (χ2v) is 4.62. The Morgan fingerprint density at radius 1 is 1.37 bits per heavy atom. The van der Waals surface area contributed by atoms with Gasteiger partial charge < -0.3 is 14.8 Å². The summed E-state index contributed by atoms with van der Waals surface area (Å²) in [7, 11) is 1.84. The Labute approximate surface area is 111 Å². The van der Waals surface area contributed by atoms with Crippen molar-refractivity contribution in [3.8, 4) is 0 Å². The summed E-state index contributed by atoms with van der Waals surface area (Å²) >= 11 is 0. The number of amides is 1. The third-order valence-corrected chi connectivity index (χ3v) is 3.33. The number of nitrogens with zero attached hydrogens (tertiary/aromatic N) is 3. The SMILES string of the molecule is Cn1ccnc1C(=O)N1CCCNc2ccccc21. The highest BCUT2D eigenvalue weighted by molar-refractivity contribution is 6.05. The average Bonchev–Trinajstić information content (AvgIpc) is 2.74. The predicted octanol–water partition coefficient (Wildman–Crippen LogP) is 1.88. The molecule has 1 aliphatic heterocycles. The average molecular weight is 256 g/mol. The molecule has 5 heteroatoms. The largest absolute Gasteiger partial charge is 0.383 e. The first-order valence-corrected chi connectivity index (χ1v) is 6.39. The number of anilines is 2. The van der Waals surface area contributed by atoms with Crippen LogP contribution in [0.3, 0.4) is 0 Å². The van der Waals surface area contributed by atoms with Gasteiger partial charge in [-0.25, -0.2) is 4.98 Å². The first-order valence-electron chi connectivity index (χ1n) is 6.39. The zero-order valence-corrected chi connectivity index (χ0v) is 10.8. The van der Waals surface area contributed by atoms with Gasteiger partial charge in [-0.2, -0.15) is 0 Å². The molecule has 19 heavy (non-hydrogen) atoms. The van der Waals surface area contributed by atoms with Crippen molar-refractivity contribution >= 4 is 17.3 Å². The van der Waals surface area contributed by atoms with Crippen LogP contribution in [-0.4, -0.2) is 28.5 Å². The molecule has 98 valence electrons. The number of fused-ring (bicyclic) bond motifs is 1. The fourth-order valence-electron chi connectivity index (χ4n) is 2.34. The fourth-order valence-corrected chi connectivity index (χ4v) is 2.34. The van der Waals surface area contributed by atoms with Gasteiger partial charge in [0, 0.05) is 32.5 Å². The zero-order valence-electron chi connectivity index (χ0n) is 10.8. The van der Waals surface area contributed by atoms with Crippen molar-refractivity contribution in [2.45, 2.75) is 6.42 Å². The van der Waals surface area contributed by atoms with Crippen molar-refractivity contribution in [2.75, 3.05) is 23.3 Å². The third kappa shape index (κ3) is 2.07. The van der Waals surface area contributed by atoms with Crippen molar-refractivity contribution in [1.82, 2.24) is 9.55 Å². The van der Waals surface area contributed by atoms with Gasteiger partial charge in [0.1, 0.15) is 0 Å². The Kier molecular flexibility index (Phi) is 2.95. The second kappa shape index (κ2) is 4.76. The minimum absolute atomic E-state index is 0.0522. The Balaban J connectivity index is 2.01. The van der Waals surface area contributed by atoms with E-state index < -0.39 is 0 Å². The number of imidazole rings is 1. The van der Waals surface area contributed by atoms with Gasteiger partial charge in [0.2, 0.25) is 0 Å². The van der Waals surface area contributed by atoms with Gasteiger partial charge in [0.15, 0.2) is 5.82 Å². The molecule has 5 nitrogen and oxygen atoms in total. The maximum atomic E-state index is 12.6. The molecule has 1 N–H and O–H groups in total. The third-order valence-electron chi connectivity index (χ3n) is 3.33. The number of hydrogen-bond acceptors (Lipinski definition) is 3. The zero-order chi connectivity index (χ0) is 13.2. The Morgan fingerprint density at radius 2 is 2.21 bits per heavy atom. The number of aromatic nitrogens is 2. The van der Waals surface area contributed by atoms with Gasteiger partial charge in [-0.05, 0) is 18.6 Å². The molecule has 0 spiro atoms. The molecule has 1 aliphatic rings. The van der Waals surface area contributed by atoms with E-state index in [1.807, 2.05) is 31.3 Å². The van der Waals surface area contributed by atoms with E-state index in [2.05, 4.69) is 10.3 Å². The van der Waals surface area contributed by atoms with Crippen LogP contribution in [0, 0.1) is 0 Å². The summed E-state index contributed by atoms with van der Waals surface area (Å²) in [5.74, 6) is 0.417. The van der Waals surface area contributed by atoms with E-state index in [1.165, 1.54) is 0 Å². The van der Waals surface area contributed by atoms with Crippen molar-refractivity contribution in [3.05, 3.63) is 42.5 Å². The highest BCUT2D eigenvalue weighted by Gasteiger charge is 2.24. The number of para-hydroxylation sites is 2. The molecule has 0 bridgehead atoms. The summed E-state index contributed by atoms with van der Waals surface area (Å²) < 4.78 is 1.75. The topological polar surface area (TPSA) is 50.2 Å². The number of hydrogen-bond donors (Lipinski definition) is 1. The van der Waals surface area contributed by atoms with Gasteiger partial charge in [0.25, 0.3) is 5.91 Å². The molecule has 2 heterocycles. The van der Waals surface area contributed by atoms with Gasteiger partial charge in [0.05, 0.1) is 11.4 Å². The Hall–Kier alpha value is -2.30. The van der Waals surface area contributed by atoms with E-state index >= 15 is 0 Å². The number of carbonyl (C=O) groups is 1. The van der Waals surface area contributed by atoms with Crippen molar-refractivity contribution in [1.29, 1.82) is 0 Å². The normalized spacial score (nSPS) is 14.5. The highest BCUT2D eigenvalue weighted by Crippen LogP contribution is 2.28. The van der Waals surface area contributed by atoms with E-state index in [0.29, 0.717) is 12.4 Å². The molecule has 1 amide bonds. The van der Waals surface area contributed by atoms with Crippen molar-refractivity contribution in [2.24, 2.45) is 7.05 Å². The number of benzene rings is 1. The smallest absolute Gasteiger partial charge is 0.294 e. The lowest BCUT2D eigenvalue weighted by atomic mass is 10.2. The predicted molar refractivity (Wildman–Crippen MR) is 74.4 cm³/mol. The van der Waals surface area contributed by atoms with Gasteiger partial charge in [-0.3, -0.25) is 4.79 Å². The highest BCUT2D eigenvalue weighted by atomic mass is 16.2. The molecular formula is C14H16N4O. The lowest BCUT2D eigenvalue weighted by molar-refractivity contribution is 0.0974. The lowest BCUT2D eigenvalue weighted by Gasteiger charge is -2.21. The molecule has 0 aliphatic carbocycles. The standard InChI is InChI=1S/C14H16N4O/c1-17-10-8-16-13(17)14(19)18-9-4-7-15-11-5-2-3-6-12(11)18/h2-3,5-6,8,10,15H,4,7,9H2,1H3. The van der Waals surface area contributed by atoms with E-state index in [1.54, 1.807) is 21.9 Å². The molecular weight excluding hydrogens is 240 g/mol. The van der Waals surface area contributed by atoms with Crippen LogP contribution in [0.5, 0.6) is 0 Å². The Morgan fingerprint density at radius 3 is 3.00 bits per heavy atom. The summed E-state index contributed by atoms with van der Waals surface area (Å²) in [5.41, 5.74) is 1.93. The van der Waals surface area contributed by atoms with Gasteiger partial charge >= 0.3 is 0 Å². The molecule has 0 atom stereocenters. The monoisotopic (exact) mass is 256 g/mol. The minimum Gasteiger partial charge on any atom is -0.383 e. The number of aryl methyl sites for hydroxylation is 1. The minimum atomic E-state index is -0.0522. The number of nitrogens with one attached hydrogen (secondary N) is 1. The summed E-state index contributed by atoms with van der Waals surface area (Å²) in [6.07, 6.45) is 4.36. The van der Waals surface area contributed by atoms with E-state index in [-0.39, 0.29) is 5.91 Å². The van der Waals surface area contributed by atoms with Crippen LogP contribution in [0.1, 0.15) is 17.0 Å². The first-order chi connectivity index (χ1) is 9.27. The summed E-state index contributed by atoms with van der Waals surface area (Å²) in [4.78, 5) is 18.6. The van der Waals surface area contributed by atoms with Crippen molar-refractivity contribution in [3.63, 3.8) is 0 Å². The molecule has 3 rings (SSSR count). The van der Waals surface area contributed by atoms with Crippen LogP contribution in [0.15, 0.2) is 36.7 Å². The molecule has 0 fully saturated rings. The van der Waals surface area contributed by atoms with Crippen LogP contribution in [0.4, 0.5) is 11.4 Å².